The van der Waals surface area contributed by atoms with Crippen molar-refractivity contribution in [1.82, 2.24) is 10.0 Å². The molecule has 0 aromatic rings. The molecule has 2 saturated heterocycles. The Hall–Kier alpha value is -0.0900. The Labute approximate surface area is 99.9 Å². The number of hydrogen-bond acceptors (Lipinski definition) is 2. The highest BCUT2D eigenvalue weighted by Gasteiger charge is 2.38. The summed E-state index contributed by atoms with van der Waals surface area (Å²) < 4.78 is 0. The van der Waals surface area contributed by atoms with Gasteiger partial charge >= 0.3 is 0 Å². The highest BCUT2D eigenvalue weighted by Crippen LogP contribution is 2.29. The van der Waals surface area contributed by atoms with Gasteiger partial charge in [-0.25, -0.2) is 5.01 Å². The van der Waals surface area contributed by atoms with Crippen LogP contribution in [0, 0.1) is 0 Å². The number of rotatable bonds is 1. The minimum Gasteiger partial charge on any atom is -0.274 e. The molecular weight excluding hydrogens is 256 g/mol. The van der Waals surface area contributed by atoms with E-state index < -0.39 is 0 Å². The smallest absolute Gasteiger partial charge is 0.250 e. The van der Waals surface area contributed by atoms with Gasteiger partial charge in [0.25, 0.3) is 5.91 Å². The van der Waals surface area contributed by atoms with E-state index in [1.54, 1.807) is 0 Å². The van der Waals surface area contributed by atoms with Gasteiger partial charge in [0.2, 0.25) is 0 Å². The van der Waals surface area contributed by atoms with Crippen molar-refractivity contribution in [3.63, 3.8) is 0 Å². The molecule has 2 rings (SSSR count). The molecule has 86 valence electrons. The number of alkyl halides is 1. The Bertz CT molecular complexity index is 249. The third-order valence-corrected chi connectivity index (χ3v) is 4.39. The first kappa shape index (κ1) is 11.4. The molecule has 1 amide bonds. The lowest BCUT2D eigenvalue weighted by Gasteiger charge is -2.44. The van der Waals surface area contributed by atoms with Gasteiger partial charge in [-0.05, 0) is 33.1 Å². The molecule has 2 aliphatic heterocycles. The van der Waals surface area contributed by atoms with Gasteiger partial charge in [0.1, 0.15) is 0 Å². The predicted octanol–water partition coefficient (Wildman–Crippen LogP) is 2.16. The van der Waals surface area contributed by atoms with Crippen molar-refractivity contribution >= 4 is 21.8 Å². The van der Waals surface area contributed by atoms with Crippen LogP contribution in [0.15, 0.2) is 0 Å². The van der Waals surface area contributed by atoms with Crippen molar-refractivity contribution in [1.29, 1.82) is 0 Å². The molecule has 0 N–H and O–H groups in total. The van der Waals surface area contributed by atoms with E-state index in [0.29, 0.717) is 12.1 Å². The topological polar surface area (TPSA) is 23.6 Å². The monoisotopic (exact) mass is 274 g/mol. The van der Waals surface area contributed by atoms with E-state index in [4.69, 9.17) is 0 Å². The number of hydrogen-bond donors (Lipinski definition) is 0. The molecule has 2 heterocycles. The molecule has 3 unspecified atom stereocenters. The largest absolute Gasteiger partial charge is 0.274 e. The van der Waals surface area contributed by atoms with E-state index in [2.05, 4.69) is 34.8 Å². The zero-order chi connectivity index (χ0) is 11.0. The van der Waals surface area contributed by atoms with Crippen LogP contribution in [-0.4, -0.2) is 39.4 Å². The van der Waals surface area contributed by atoms with E-state index in [0.717, 1.165) is 13.0 Å². The van der Waals surface area contributed by atoms with Gasteiger partial charge in [-0.3, -0.25) is 9.80 Å². The summed E-state index contributed by atoms with van der Waals surface area (Å²) in [6.45, 7) is 5.33. The summed E-state index contributed by atoms with van der Waals surface area (Å²) in [5, 5.41) is 4.26. The highest BCUT2D eigenvalue weighted by molar-refractivity contribution is 9.10. The van der Waals surface area contributed by atoms with Crippen molar-refractivity contribution in [2.24, 2.45) is 0 Å². The highest BCUT2D eigenvalue weighted by atomic mass is 79.9. The minimum absolute atomic E-state index is 0.0406. The van der Waals surface area contributed by atoms with E-state index in [-0.39, 0.29) is 10.7 Å². The van der Waals surface area contributed by atoms with Gasteiger partial charge in [0.15, 0.2) is 0 Å². The molecule has 0 bridgehead atoms. The molecule has 0 spiro atoms. The van der Waals surface area contributed by atoms with Gasteiger partial charge in [-0.2, -0.15) is 0 Å². The standard InChI is InChI=1S/C11H19BrN2O/c1-8-4-3-5-9(2)14(8)13-7-6-10(12)11(13)15/h8-10H,3-7H2,1-2H3. The Morgan fingerprint density at radius 3 is 2.27 bits per heavy atom. The van der Waals surface area contributed by atoms with Gasteiger partial charge in [-0.1, -0.05) is 22.4 Å². The number of carbonyl (C=O) groups is 1. The summed E-state index contributed by atoms with van der Waals surface area (Å²) in [4.78, 5) is 12.0. The average molecular weight is 275 g/mol. The fourth-order valence-electron chi connectivity index (χ4n) is 2.74. The molecule has 2 aliphatic rings. The number of nitrogens with zero attached hydrogens (tertiary/aromatic N) is 2. The molecule has 0 aromatic carbocycles. The van der Waals surface area contributed by atoms with Crippen LogP contribution in [0.2, 0.25) is 0 Å². The Kier molecular flexibility index (Phi) is 3.36. The Morgan fingerprint density at radius 1 is 1.20 bits per heavy atom. The summed E-state index contributed by atoms with van der Waals surface area (Å²) in [6.07, 6.45) is 4.65. The zero-order valence-electron chi connectivity index (χ0n) is 9.45. The molecule has 0 aromatic heterocycles. The van der Waals surface area contributed by atoms with Crippen molar-refractivity contribution in [2.75, 3.05) is 6.54 Å². The van der Waals surface area contributed by atoms with Gasteiger partial charge in [0, 0.05) is 18.6 Å². The van der Waals surface area contributed by atoms with Crippen molar-refractivity contribution in [3.05, 3.63) is 0 Å². The van der Waals surface area contributed by atoms with E-state index in [1.807, 2.05) is 5.01 Å². The number of carbonyl (C=O) groups excluding carboxylic acids is 1. The summed E-state index contributed by atoms with van der Waals surface area (Å²) in [7, 11) is 0. The second-order valence-corrected chi connectivity index (χ2v) is 5.83. The fourth-order valence-corrected chi connectivity index (χ4v) is 3.18. The zero-order valence-corrected chi connectivity index (χ0v) is 11.0. The lowest BCUT2D eigenvalue weighted by molar-refractivity contribution is -0.155. The predicted molar refractivity (Wildman–Crippen MR) is 63.7 cm³/mol. The van der Waals surface area contributed by atoms with Crippen molar-refractivity contribution in [2.45, 2.75) is 56.4 Å². The van der Waals surface area contributed by atoms with E-state index in [9.17, 15) is 4.79 Å². The van der Waals surface area contributed by atoms with E-state index in [1.165, 1.54) is 19.3 Å². The van der Waals surface area contributed by atoms with Crippen molar-refractivity contribution in [3.8, 4) is 0 Å². The molecule has 3 atom stereocenters. The van der Waals surface area contributed by atoms with Crippen LogP contribution in [0.5, 0.6) is 0 Å². The first-order valence-corrected chi connectivity index (χ1v) is 6.76. The summed E-state index contributed by atoms with van der Waals surface area (Å²) in [6, 6.07) is 1.02. The second kappa shape index (κ2) is 4.42. The Morgan fingerprint density at radius 2 is 1.80 bits per heavy atom. The SMILES string of the molecule is CC1CCCC(C)N1N1CCC(Br)C1=O. The normalized spacial score (nSPS) is 38.7. The lowest BCUT2D eigenvalue weighted by Crippen LogP contribution is -2.55. The average Bonchev–Trinajstić information content (AvgIpc) is 2.49. The maximum absolute atomic E-state index is 11.9. The van der Waals surface area contributed by atoms with Crippen LogP contribution in [0.4, 0.5) is 0 Å². The molecule has 0 radical (unpaired) electrons. The van der Waals surface area contributed by atoms with Gasteiger partial charge < -0.3 is 0 Å². The van der Waals surface area contributed by atoms with Crippen LogP contribution in [0.3, 0.4) is 0 Å². The summed E-state index contributed by atoms with van der Waals surface area (Å²) in [5.74, 6) is 0.246. The number of halogens is 1. The van der Waals surface area contributed by atoms with Crippen LogP contribution in [0.1, 0.15) is 39.5 Å². The molecule has 2 fully saturated rings. The van der Waals surface area contributed by atoms with Crippen LogP contribution in [0.25, 0.3) is 0 Å². The lowest BCUT2D eigenvalue weighted by atomic mass is 9.99. The van der Waals surface area contributed by atoms with E-state index >= 15 is 0 Å². The third kappa shape index (κ3) is 2.07. The van der Waals surface area contributed by atoms with Gasteiger partial charge in [0.05, 0.1) is 4.83 Å². The quantitative estimate of drug-likeness (QED) is 0.685. The van der Waals surface area contributed by atoms with Gasteiger partial charge in [-0.15, -0.1) is 0 Å². The molecule has 3 nitrogen and oxygen atoms in total. The maximum Gasteiger partial charge on any atom is 0.250 e. The third-order valence-electron chi connectivity index (χ3n) is 3.54. The molecule has 0 aliphatic carbocycles. The fraction of sp³-hybridized carbons (Fsp3) is 0.909. The number of amides is 1. The number of hydrazine groups is 1. The molecule has 15 heavy (non-hydrogen) atoms. The summed E-state index contributed by atoms with van der Waals surface area (Å²) >= 11 is 3.43. The van der Waals surface area contributed by atoms with Crippen LogP contribution in [-0.2, 0) is 4.79 Å². The molecule has 0 saturated carbocycles. The number of piperidine rings is 1. The minimum atomic E-state index is 0.0406. The maximum atomic E-state index is 11.9. The Balaban J connectivity index is 2.11. The van der Waals surface area contributed by atoms with Crippen molar-refractivity contribution < 1.29 is 4.79 Å². The first-order valence-electron chi connectivity index (χ1n) is 5.85. The van der Waals surface area contributed by atoms with Crippen LogP contribution < -0.4 is 0 Å². The van der Waals surface area contributed by atoms with Crippen LogP contribution >= 0.6 is 15.9 Å². The summed E-state index contributed by atoms with van der Waals surface area (Å²) in [5.41, 5.74) is 0. The molecular formula is C11H19BrN2O. The second-order valence-electron chi connectivity index (χ2n) is 4.73. The molecule has 4 heteroatoms. The first-order chi connectivity index (χ1) is 7.11.